The van der Waals surface area contributed by atoms with Gasteiger partial charge in [-0.2, -0.15) is 0 Å². The molecule has 0 spiro atoms. The van der Waals surface area contributed by atoms with Gasteiger partial charge in [-0.15, -0.1) is 0 Å². The van der Waals surface area contributed by atoms with Crippen LogP contribution in [-0.4, -0.2) is 5.92 Å². The summed E-state index contributed by atoms with van der Waals surface area (Å²) in [6, 6.07) is 32.2. The van der Waals surface area contributed by atoms with Crippen LogP contribution in [-0.2, 0) is 15.6 Å². The Morgan fingerprint density at radius 3 is 1.83 bits per heavy atom. The molecule has 2 unspecified atom stereocenters. The first-order valence-electron chi connectivity index (χ1n) is 14.6. The summed E-state index contributed by atoms with van der Waals surface area (Å²) >= 11 is 2.30. The van der Waals surface area contributed by atoms with Crippen LogP contribution in [0.25, 0.3) is 34.4 Å². The van der Waals surface area contributed by atoms with Gasteiger partial charge in [0.2, 0.25) is 0 Å². The molecule has 0 aliphatic heterocycles. The molecular formula is C36H36Cl3SiZr. The van der Waals surface area contributed by atoms with E-state index in [-0.39, 0.29) is 7.25 Å². The summed E-state index contributed by atoms with van der Waals surface area (Å²) in [6.07, 6.45) is 4.76. The topological polar surface area (TPSA) is 0 Å². The quantitative estimate of drug-likeness (QED) is 0.176. The van der Waals surface area contributed by atoms with E-state index in [2.05, 4.69) is 137 Å². The maximum absolute atomic E-state index is 8.50. The molecule has 0 amide bonds. The molecule has 0 nitrogen and oxygen atoms in total. The molecule has 0 heterocycles. The molecule has 0 radical (unpaired) electrons. The molecule has 5 heteroatoms. The van der Waals surface area contributed by atoms with Crippen molar-refractivity contribution in [3.8, 4) is 22.3 Å². The maximum atomic E-state index is 8.50. The Labute approximate surface area is 258 Å². The van der Waals surface area contributed by atoms with Gasteiger partial charge in [-0.1, -0.05) is 0 Å². The van der Waals surface area contributed by atoms with Crippen molar-refractivity contribution in [1.82, 2.24) is 0 Å². The van der Waals surface area contributed by atoms with E-state index in [0.717, 1.165) is 10.6 Å². The van der Waals surface area contributed by atoms with E-state index < -0.39 is 21.5 Å². The molecule has 2 aliphatic rings. The van der Waals surface area contributed by atoms with Crippen molar-refractivity contribution in [3.05, 3.63) is 129 Å². The zero-order chi connectivity index (χ0) is 29.1. The van der Waals surface area contributed by atoms with E-state index in [1.807, 2.05) is 0 Å². The van der Waals surface area contributed by atoms with E-state index >= 15 is 0 Å². The third-order valence-corrected chi connectivity index (χ3v) is 61.7. The Bertz CT molecular complexity index is 1700. The molecular weight excluding hydrogens is 658 g/mol. The van der Waals surface area contributed by atoms with Gasteiger partial charge in [-0.3, -0.25) is 0 Å². The molecule has 0 saturated carbocycles. The fourth-order valence-corrected chi connectivity index (χ4v) is 40.0. The molecule has 2 aliphatic carbocycles. The van der Waals surface area contributed by atoms with Crippen LogP contribution in [0.2, 0.25) is 18.1 Å². The molecule has 0 aromatic heterocycles. The Kier molecular flexibility index (Phi) is 7.74. The predicted molar refractivity (Wildman–Crippen MR) is 181 cm³/mol. The van der Waals surface area contributed by atoms with Gasteiger partial charge in [0.25, 0.3) is 0 Å². The number of allylic oxidation sites excluding steroid dienone is 2. The van der Waals surface area contributed by atoms with Crippen LogP contribution in [0.5, 0.6) is 0 Å². The minimum absolute atomic E-state index is 0.0314. The van der Waals surface area contributed by atoms with Crippen molar-refractivity contribution in [2.45, 2.75) is 41.1 Å². The van der Waals surface area contributed by atoms with Crippen LogP contribution in [0.15, 0.2) is 102 Å². The number of hydrogen-bond acceptors (Lipinski definition) is 0. The fraction of sp³-hybridized carbons (Fsp3) is 0.222. The van der Waals surface area contributed by atoms with Crippen molar-refractivity contribution >= 4 is 46.7 Å². The fourth-order valence-electron chi connectivity index (χ4n) is 7.42. The predicted octanol–water partition coefficient (Wildman–Crippen LogP) is 11.9. The van der Waals surface area contributed by atoms with E-state index in [9.17, 15) is 0 Å². The molecule has 4 aromatic rings. The molecule has 0 bridgehead atoms. The van der Waals surface area contributed by atoms with Crippen LogP contribution >= 0.6 is 28.6 Å². The van der Waals surface area contributed by atoms with Crippen molar-refractivity contribution in [2.75, 3.05) is 0 Å². The van der Waals surface area contributed by atoms with Gasteiger partial charge >= 0.3 is 261 Å². The van der Waals surface area contributed by atoms with Gasteiger partial charge in [0.15, 0.2) is 0 Å². The Morgan fingerprint density at radius 2 is 1.27 bits per heavy atom. The normalized spacial score (nSPS) is 19.0. The summed E-state index contributed by atoms with van der Waals surface area (Å²) < 4.78 is 0.0110. The van der Waals surface area contributed by atoms with E-state index in [4.69, 9.17) is 28.6 Å². The molecule has 41 heavy (non-hydrogen) atoms. The monoisotopic (exact) mass is 691 g/mol. The molecule has 209 valence electrons. The first-order chi connectivity index (χ1) is 19.5. The summed E-state index contributed by atoms with van der Waals surface area (Å²) in [5.41, 5.74) is 12.4. The Morgan fingerprint density at radius 1 is 0.683 bits per heavy atom. The number of rotatable bonds is 6. The van der Waals surface area contributed by atoms with E-state index in [1.54, 1.807) is 0 Å². The van der Waals surface area contributed by atoms with E-state index in [0.29, 0.717) is 5.92 Å². The average Bonchev–Trinajstić information content (AvgIpc) is 3.54. The summed E-state index contributed by atoms with van der Waals surface area (Å²) in [5.74, 6) is -1.33. The summed E-state index contributed by atoms with van der Waals surface area (Å²) in [7, 11) is 17.0. The molecule has 0 saturated heterocycles. The van der Waals surface area contributed by atoms with Gasteiger partial charge in [-0.25, -0.2) is 0 Å². The molecule has 0 N–H and O–H groups in total. The van der Waals surface area contributed by atoms with Crippen LogP contribution in [0.3, 0.4) is 0 Å². The van der Waals surface area contributed by atoms with Crippen molar-refractivity contribution < 1.29 is 15.6 Å². The van der Waals surface area contributed by atoms with Crippen molar-refractivity contribution in [2.24, 2.45) is 5.92 Å². The molecule has 4 aromatic carbocycles. The van der Waals surface area contributed by atoms with Gasteiger partial charge in [0.05, 0.1) is 0 Å². The van der Waals surface area contributed by atoms with E-state index in [1.165, 1.54) is 50.1 Å². The van der Waals surface area contributed by atoms with Crippen LogP contribution < -0.4 is 0 Å². The number of halogens is 3. The van der Waals surface area contributed by atoms with Crippen LogP contribution in [0.1, 0.15) is 50.3 Å². The first kappa shape index (κ1) is 29.4. The average molecular weight is 694 g/mol. The van der Waals surface area contributed by atoms with Crippen molar-refractivity contribution in [1.29, 1.82) is 0 Å². The molecule has 0 fully saturated rings. The zero-order valence-electron chi connectivity index (χ0n) is 24.3. The molecule has 2 atom stereocenters. The first-order valence-corrected chi connectivity index (χ1v) is 31.3. The standard InChI is InChI=1S/C18H17.C16H12Cl.C2H7Si.2ClH.Zr/c1-13(2)16-11-15-9-6-10-17(18(15)12-16)14-7-4-3-5-8-14;1-11-9-14-13(12-5-3-2-4-6-12)7-8-16(17)15(14)10-11;1-3-2;;;/h3-13H,1-2H3;2-10H,1H3;3H,1-2H3;2*1H;/q;;;;;+2/p-2. The zero-order valence-corrected chi connectivity index (χ0v) is 30.1. The third-order valence-electron chi connectivity index (χ3n) is 9.49. The Hall–Kier alpha value is -1.67. The number of benzene rings is 4. The molecule has 6 rings (SSSR count). The van der Waals surface area contributed by atoms with Gasteiger partial charge in [0, 0.05) is 0 Å². The second-order valence-corrected chi connectivity index (χ2v) is 55.3. The van der Waals surface area contributed by atoms with Crippen LogP contribution in [0.4, 0.5) is 0 Å². The number of fused-ring (bicyclic) bond motifs is 2. The minimum atomic E-state index is -4.85. The third kappa shape index (κ3) is 4.56. The Balaban J connectivity index is 1.62. The summed E-state index contributed by atoms with van der Waals surface area (Å²) in [4.78, 5) is 0. The number of hydrogen-bond donors (Lipinski definition) is 0. The second-order valence-electron chi connectivity index (χ2n) is 12.4. The van der Waals surface area contributed by atoms with Crippen LogP contribution in [0, 0.1) is 5.92 Å². The van der Waals surface area contributed by atoms with Gasteiger partial charge in [-0.05, 0) is 0 Å². The van der Waals surface area contributed by atoms with Gasteiger partial charge < -0.3 is 0 Å². The SMILES string of the molecule is CC1=Cc2c(-c3ccccc3)ccc(Cl)c2[CH]1[Zr]([Cl])([Cl])([CH]1C(C(C)C)=Cc2c(-c3ccccc3)cccc21)[SiH](C)C. The summed E-state index contributed by atoms with van der Waals surface area (Å²) in [5, 5.41) is 0.778. The second kappa shape index (κ2) is 10.8. The van der Waals surface area contributed by atoms with Crippen molar-refractivity contribution in [3.63, 3.8) is 0 Å². The summed E-state index contributed by atoms with van der Waals surface area (Å²) in [6.45, 7) is 11.6. The van der Waals surface area contributed by atoms with Gasteiger partial charge in [0.1, 0.15) is 0 Å².